The van der Waals surface area contributed by atoms with Crippen molar-refractivity contribution >= 4 is 27.3 Å². The van der Waals surface area contributed by atoms with E-state index in [2.05, 4.69) is 10.3 Å². The third-order valence-electron chi connectivity index (χ3n) is 5.12. The molecule has 0 unspecified atom stereocenters. The lowest BCUT2D eigenvalue weighted by atomic mass is 10.2. The van der Waals surface area contributed by atoms with Gasteiger partial charge in [-0.2, -0.15) is 4.31 Å². The van der Waals surface area contributed by atoms with Crippen LogP contribution >= 0.6 is 0 Å². The van der Waals surface area contributed by atoms with E-state index in [-0.39, 0.29) is 11.5 Å². The van der Waals surface area contributed by atoms with Crippen LogP contribution in [0.3, 0.4) is 0 Å². The highest BCUT2D eigenvalue weighted by Crippen LogP contribution is 2.31. The maximum absolute atomic E-state index is 13.1. The number of carbonyl (C=O) groups is 1. The molecule has 0 aliphatic heterocycles. The van der Waals surface area contributed by atoms with Crippen molar-refractivity contribution in [3.05, 3.63) is 84.6 Å². The molecular formula is C24H23FN4O5S. The Balaban J connectivity index is 1.42. The van der Waals surface area contributed by atoms with Crippen LogP contribution in [0.5, 0.6) is 11.5 Å². The molecule has 35 heavy (non-hydrogen) atoms. The second-order valence-electron chi connectivity index (χ2n) is 7.62. The number of sulfonamides is 1. The number of imidazole rings is 1. The Morgan fingerprint density at radius 1 is 1.11 bits per heavy atom. The molecule has 1 amide bonds. The van der Waals surface area contributed by atoms with Gasteiger partial charge in [-0.15, -0.1) is 0 Å². The van der Waals surface area contributed by atoms with Gasteiger partial charge in [0.25, 0.3) is 0 Å². The SMILES string of the molecule is COc1ccc(NC(=O)CN(C)S(=O)(=O)c2ccc(F)cc2)cc1OCc1cn2ccccc2n1. The summed E-state index contributed by atoms with van der Waals surface area (Å²) in [5.41, 5.74) is 1.90. The van der Waals surface area contributed by atoms with Gasteiger partial charge in [0.2, 0.25) is 15.9 Å². The molecule has 11 heteroatoms. The number of anilines is 1. The van der Waals surface area contributed by atoms with Crippen LogP contribution in [0.25, 0.3) is 5.65 Å². The lowest BCUT2D eigenvalue weighted by Gasteiger charge is -2.17. The highest BCUT2D eigenvalue weighted by molar-refractivity contribution is 7.89. The summed E-state index contributed by atoms with van der Waals surface area (Å²) in [5.74, 6) is -0.268. The van der Waals surface area contributed by atoms with E-state index in [1.165, 1.54) is 14.2 Å². The largest absolute Gasteiger partial charge is 0.493 e. The zero-order chi connectivity index (χ0) is 25.0. The normalized spacial score (nSPS) is 11.5. The van der Waals surface area contributed by atoms with Crippen LogP contribution in [0.15, 0.2) is 78.0 Å². The highest BCUT2D eigenvalue weighted by Gasteiger charge is 2.23. The van der Waals surface area contributed by atoms with Crippen molar-refractivity contribution in [1.29, 1.82) is 0 Å². The van der Waals surface area contributed by atoms with Crippen LogP contribution in [0.2, 0.25) is 0 Å². The number of ether oxygens (including phenoxy) is 2. The molecule has 0 bridgehead atoms. The molecule has 182 valence electrons. The first kappa shape index (κ1) is 24.2. The van der Waals surface area contributed by atoms with Crippen molar-refractivity contribution in [2.24, 2.45) is 0 Å². The van der Waals surface area contributed by atoms with Crippen LogP contribution in [-0.2, 0) is 21.4 Å². The minimum atomic E-state index is -3.96. The van der Waals surface area contributed by atoms with E-state index < -0.39 is 28.3 Å². The van der Waals surface area contributed by atoms with Gasteiger partial charge in [0, 0.05) is 31.2 Å². The van der Waals surface area contributed by atoms with Crippen LogP contribution in [0.4, 0.5) is 10.1 Å². The molecule has 0 aliphatic rings. The number of carbonyl (C=O) groups excluding carboxylic acids is 1. The predicted molar refractivity (Wildman–Crippen MR) is 127 cm³/mol. The van der Waals surface area contributed by atoms with Gasteiger partial charge in [0.05, 0.1) is 24.2 Å². The predicted octanol–water partition coefficient (Wildman–Crippen LogP) is 3.32. The van der Waals surface area contributed by atoms with Gasteiger partial charge in [0.1, 0.15) is 18.1 Å². The quantitative estimate of drug-likeness (QED) is 0.380. The Labute approximate surface area is 201 Å². The van der Waals surface area contributed by atoms with Crippen molar-refractivity contribution in [3.63, 3.8) is 0 Å². The number of amides is 1. The summed E-state index contributed by atoms with van der Waals surface area (Å²) in [6.07, 6.45) is 3.74. The summed E-state index contributed by atoms with van der Waals surface area (Å²) in [5, 5.41) is 2.66. The summed E-state index contributed by atoms with van der Waals surface area (Å²) >= 11 is 0. The van der Waals surface area contributed by atoms with Gasteiger partial charge in [-0.1, -0.05) is 6.07 Å². The van der Waals surface area contributed by atoms with Crippen molar-refractivity contribution in [2.45, 2.75) is 11.5 Å². The lowest BCUT2D eigenvalue weighted by molar-refractivity contribution is -0.116. The van der Waals surface area contributed by atoms with Crippen LogP contribution in [0.1, 0.15) is 5.69 Å². The number of hydrogen-bond acceptors (Lipinski definition) is 6. The van der Waals surface area contributed by atoms with Crippen LogP contribution in [0, 0.1) is 5.82 Å². The molecule has 4 rings (SSSR count). The Hall–Kier alpha value is -3.96. The number of methoxy groups -OCH3 is 1. The van der Waals surface area contributed by atoms with Crippen LogP contribution < -0.4 is 14.8 Å². The monoisotopic (exact) mass is 498 g/mol. The maximum Gasteiger partial charge on any atom is 0.243 e. The Kier molecular flexibility index (Phi) is 6.99. The third-order valence-corrected chi connectivity index (χ3v) is 6.94. The number of pyridine rings is 1. The molecule has 2 aromatic carbocycles. The first-order valence-corrected chi connectivity index (χ1v) is 12.0. The molecule has 4 aromatic rings. The number of nitrogens with one attached hydrogen (secondary N) is 1. The van der Waals surface area contributed by atoms with Gasteiger partial charge >= 0.3 is 0 Å². The van der Waals surface area contributed by atoms with E-state index >= 15 is 0 Å². The van der Waals surface area contributed by atoms with E-state index in [1.807, 2.05) is 35.0 Å². The third kappa shape index (κ3) is 5.58. The first-order chi connectivity index (χ1) is 16.8. The molecule has 0 saturated heterocycles. The number of fused-ring (bicyclic) bond motifs is 1. The van der Waals surface area contributed by atoms with Gasteiger partial charge in [0.15, 0.2) is 11.5 Å². The van der Waals surface area contributed by atoms with Crippen LogP contribution in [-0.4, -0.2) is 48.7 Å². The van der Waals surface area contributed by atoms with E-state index in [0.29, 0.717) is 22.9 Å². The summed E-state index contributed by atoms with van der Waals surface area (Å²) in [4.78, 5) is 16.9. The minimum absolute atomic E-state index is 0.110. The lowest BCUT2D eigenvalue weighted by Crippen LogP contribution is -2.35. The van der Waals surface area contributed by atoms with Crippen molar-refractivity contribution in [2.75, 3.05) is 26.0 Å². The number of rotatable bonds is 9. The zero-order valence-corrected chi connectivity index (χ0v) is 19.8. The molecule has 0 saturated carbocycles. The fourth-order valence-corrected chi connectivity index (χ4v) is 4.48. The van der Waals surface area contributed by atoms with Crippen molar-refractivity contribution in [3.8, 4) is 11.5 Å². The average molecular weight is 499 g/mol. The topological polar surface area (TPSA) is 102 Å². The number of aromatic nitrogens is 2. The number of halogens is 1. The fourth-order valence-electron chi connectivity index (χ4n) is 3.35. The van der Waals surface area contributed by atoms with Gasteiger partial charge in [-0.25, -0.2) is 17.8 Å². The summed E-state index contributed by atoms with van der Waals surface area (Å²) in [7, 11) is -1.19. The van der Waals surface area contributed by atoms with E-state index in [0.717, 1.165) is 34.2 Å². The Morgan fingerprint density at radius 2 is 1.89 bits per heavy atom. The molecule has 0 aliphatic carbocycles. The standard InChI is InChI=1S/C24H23FN4O5S/c1-28(35(31,32)20-9-6-17(25)7-10-20)15-24(30)27-18-8-11-21(33-2)22(13-18)34-16-19-14-29-12-4-3-5-23(29)26-19/h3-14H,15-16H2,1-2H3,(H,27,30). The Morgan fingerprint density at radius 3 is 2.60 bits per heavy atom. The van der Waals surface area contributed by atoms with Gasteiger partial charge in [-0.3, -0.25) is 4.79 Å². The second-order valence-corrected chi connectivity index (χ2v) is 9.66. The molecule has 0 fully saturated rings. The Bertz CT molecular complexity index is 1420. The van der Waals surface area contributed by atoms with Crippen molar-refractivity contribution < 1.29 is 27.1 Å². The smallest absolute Gasteiger partial charge is 0.243 e. The zero-order valence-electron chi connectivity index (χ0n) is 19.0. The maximum atomic E-state index is 13.1. The number of likely N-dealkylation sites (N-methyl/N-ethyl adjacent to an activating group) is 1. The number of hydrogen-bond donors (Lipinski definition) is 1. The number of nitrogens with zero attached hydrogens (tertiary/aromatic N) is 3. The molecule has 2 heterocycles. The fraction of sp³-hybridized carbons (Fsp3) is 0.167. The van der Waals surface area contributed by atoms with Gasteiger partial charge < -0.3 is 19.2 Å². The molecule has 0 radical (unpaired) electrons. The van der Waals surface area contributed by atoms with Gasteiger partial charge in [-0.05, 0) is 48.5 Å². The van der Waals surface area contributed by atoms with E-state index in [1.54, 1.807) is 18.2 Å². The van der Waals surface area contributed by atoms with Crippen molar-refractivity contribution in [1.82, 2.24) is 13.7 Å². The molecule has 0 spiro atoms. The molecule has 9 nitrogen and oxygen atoms in total. The average Bonchev–Trinajstić information content (AvgIpc) is 3.26. The highest BCUT2D eigenvalue weighted by atomic mass is 32.2. The molecular weight excluding hydrogens is 475 g/mol. The molecule has 1 N–H and O–H groups in total. The summed E-state index contributed by atoms with van der Waals surface area (Å²) < 4.78 is 52.4. The second kappa shape index (κ2) is 10.1. The first-order valence-electron chi connectivity index (χ1n) is 10.5. The summed E-state index contributed by atoms with van der Waals surface area (Å²) in [6.45, 7) is -0.267. The summed E-state index contributed by atoms with van der Waals surface area (Å²) in [6, 6.07) is 14.9. The number of benzene rings is 2. The van der Waals surface area contributed by atoms with E-state index in [4.69, 9.17) is 9.47 Å². The minimum Gasteiger partial charge on any atom is -0.493 e. The van der Waals surface area contributed by atoms with E-state index in [9.17, 15) is 17.6 Å². The molecule has 2 aromatic heterocycles. The molecule has 0 atom stereocenters.